The molecule has 1 saturated carbocycles. The first kappa shape index (κ1) is 12.3. The van der Waals surface area contributed by atoms with Gasteiger partial charge in [-0.15, -0.1) is 0 Å². The molecule has 1 aromatic rings. The summed E-state index contributed by atoms with van der Waals surface area (Å²) in [6, 6.07) is 1.53. The predicted octanol–water partition coefficient (Wildman–Crippen LogP) is 1.23. The zero-order chi connectivity index (χ0) is 12.8. The molecule has 1 fully saturated rings. The molecule has 0 amide bonds. The van der Waals surface area contributed by atoms with Crippen LogP contribution in [-0.4, -0.2) is 14.5 Å². The lowest BCUT2D eigenvalue weighted by Gasteiger charge is -2.08. The molecule has 2 rings (SSSR count). The van der Waals surface area contributed by atoms with Gasteiger partial charge in [-0.3, -0.25) is 0 Å². The second kappa shape index (κ2) is 3.92. The van der Waals surface area contributed by atoms with Crippen molar-refractivity contribution in [2.45, 2.75) is 24.3 Å². The highest BCUT2D eigenvalue weighted by Crippen LogP contribution is 2.31. The third-order valence-electron chi connectivity index (χ3n) is 2.80. The summed E-state index contributed by atoms with van der Waals surface area (Å²) >= 11 is 0. The van der Waals surface area contributed by atoms with E-state index in [0.29, 0.717) is 0 Å². The summed E-state index contributed by atoms with van der Waals surface area (Å²) in [5.41, 5.74) is 4.33. The minimum absolute atomic E-state index is 0.175. The Labute approximate surface area is 97.9 Å². The molecule has 2 unspecified atom stereocenters. The molecule has 3 N–H and O–H groups in total. The molecule has 0 heterocycles. The van der Waals surface area contributed by atoms with Crippen molar-refractivity contribution in [1.29, 1.82) is 0 Å². The van der Waals surface area contributed by atoms with E-state index in [1.807, 2.05) is 6.92 Å². The number of hydrogen-bond acceptors (Lipinski definition) is 3. The van der Waals surface area contributed by atoms with Crippen LogP contribution < -0.4 is 10.5 Å². The summed E-state index contributed by atoms with van der Waals surface area (Å²) in [4.78, 5) is -0.615. The van der Waals surface area contributed by atoms with Gasteiger partial charge in [0.1, 0.15) is 16.4 Å². The van der Waals surface area contributed by atoms with Gasteiger partial charge in [0.15, 0.2) is 5.82 Å². The molecule has 1 aromatic carbocycles. The van der Waals surface area contributed by atoms with Crippen LogP contribution in [0.1, 0.15) is 13.3 Å². The standard InChI is InChI=1S/C10H12F2N2O2S/c1-5-4-7(5)14-17(15,16)8-3-2-6(11)10(13)9(8)12/h2-3,5,7,14H,4,13H2,1H3. The summed E-state index contributed by atoms with van der Waals surface area (Å²) in [6.45, 7) is 1.88. The van der Waals surface area contributed by atoms with Crippen molar-refractivity contribution >= 4 is 15.7 Å². The van der Waals surface area contributed by atoms with Crippen LogP contribution in [0.5, 0.6) is 0 Å². The molecule has 2 atom stereocenters. The summed E-state index contributed by atoms with van der Waals surface area (Å²) < 4.78 is 52.4. The smallest absolute Gasteiger partial charge is 0.243 e. The first-order valence-corrected chi connectivity index (χ1v) is 6.57. The quantitative estimate of drug-likeness (QED) is 0.805. The predicted molar refractivity (Wildman–Crippen MR) is 58.7 cm³/mol. The topological polar surface area (TPSA) is 72.2 Å². The number of halogens is 2. The molecule has 4 nitrogen and oxygen atoms in total. The molecule has 0 saturated heterocycles. The number of nitrogen functional groups attached to an aromatic ring is 1. The van der Waals surface area contributed by atoms with Gasteiger partial charge in [-0.1, -0.05) is 6.92 Å². The summed E-state index contributed by atoms with van der Waals surface area (Å²) in [6.07, 6.45) is 0.720. The fourth-order valence-electron chi connectivity index (χ4n) is 1.51. The van der Waals surface area contributed by atoms with Crippen molar-refractivity contribution in [1.82, 2.24) is 4.72 Å². The van der Waals surface area contributed by atoms with Crippen molar-refractivity contribution in [3.63, 3.8) is 0 Å². The largest absolute Gasteiger partial charge is 0.394 e. The Morgan fingerprint density at radius 1 is 1.41 bits per heavy atom. The molecule has 0 radical (unpaired) electrons. The lowest BCUT2D eigenvalue weighted by molar-refractivity contribution is 0.546. The Morgan fingerprint density at radius 3 is 2.53 bits per heavy atom. The number of nitrogens with two attached hydrogens (primary N) is 1. The molecule has 17 heavy (non-hydrogen) atoms. The van der Waals surface area contributed by atoms with Crippen LogP contribution in [0.25, 0.3) is 0 Å². The van der Waals surface area contributed by atoms with Crippen LogP contribution in [0.15, 0.2) is 17.0 Å². The van der Waals surface area contributed by atoms with Gasteiger partial charge in [-0.25, -0.2) is 21.9 Å². The zero-order valence-corrected chi connectivity index (χ0v) is 9.89. The number of anilines is 1. The molecular weight excluding hydrogens is 250 g/mol. The van der Waals surface area contributed by atoms with Crippen molar-refractivity contribution in [3.8, 4) is 0 Å². The highest BCUT2D eigenvalue weighted by molar-refractivity contribution is 7.89. The maximum Gasteiger partial charge on any atom is 0.243 e. The van der Waals surface area contributed by atoms with E-state index in [1.54, 1.807) is 0 Å². The molecule has 0 aliphatic heterocycles. The molecule has 1 aliphatic rings. The van der Waals surface area contributed by atoms with Crippen molar-refractivity contribution in [3.05, 3.63) is 23.8 Å². The Kier molecular flexibility index (Phi) is 2.82. The van der Waals surface area contributed by atoms with E-state index in [0.717, 1.165) is 18.6 Å². The summed E-state index contributed by atoms with van der Waals surface area (Å²) in [5.74, 6) is -1.97. The van der Waals surface area contributed by atoms with Gasteiger partial charge in [0.25, 0.3) is 0 Å². The lowest BCUT2D eigenvalue weighted by Crippen LogP contribution is -2.28. The van der Waals surface area contributed by atoms with Crippen LogP contribution in [0.2, 0.25) is 0 Å². The van der Waals surface area contributed by atoms with E-state index in [1.165, 1.54) is 0 Å². The van der Waals surface area contributed by atoms with E-state index in [2.05, 4.69) is 4.72 Å². The number of nitrogens with one attached hydrogen (secondary N) is 1. The normalized spacial score (nSPS) is 23.7. The van der Waals surface area contributed by atoms with Gasteiger partial charge in [-0.2, -0.15) is 0 Å². The second-order valence-corrected chi connectivity index (χ2v) is 5.90. The van der Waals surface area contributed by atoms with Crippen molar-refractivity contribution < 1.29 is 17.2 Å². The minimum Gasteiger partial charge on any atom is -0.394 e. The zero-order valence-electron chi connectivity index (χ0n) is 9.07. The highest BCUT2D eigenvalue weighted by atomic mass is 32.2. The molecular formula is C10H12F2N2O2S. The maximum absolute atomic E-state index is 13.5. The summed E-state index contributed by atoms with van der Waals surface area (Å²) in [7, 11) is -3.97. The SMILES string of the molecule is CC1CC1NS(=O)(=O)c1ccc(F)c(N)c1F. The van der Waals surface area contributed by atoms with Crippen molar-refractivity contribution in [2.24, 2.45) is 5.92 Å². The van der Waals surface area contributed by atoms with Gasteiger partial charge in [-0.05, 0) is 24.5 Å². The molecule has 1 aliphatic carbocycles. The van der Waals surface area contributed by atoms with Crippen LogP contribution in [-0.2, 0) is 10.0 Å². The average Bonchev–Trinajstić information content (AvgIpc) is 2.89. The van der Waals surface area contributed by atoms with Gasteiger partial charge >= 0.3 is 0 Å². The Bertz CT molecular complexity index is 560. The minimum atomic E-state index is -3.97. The molecule has 0 aromatic heterocycles. The second-order valence-electron chi connectivity index (χ2n) is 4.21. The highest BCUT2D eigenvalue weighted by Gasteiger charge is 2.37. The van der Waals surface area contributed by atoms with Crippen LogP contribution in [0, 0.1) is 17.6 Å². The first-order valence-electron chi connectivity index (χ1n) is 5.08. The lowest BCUT2D eigenvalue weighted by atomic mass is 10.3. The fourth-order valence-corrected chi connectivity index (χ4v) is 2.95. The number of benzene rings is 1. The van der Waals surface area contributed by atoms with Crippen molar-refractivity contribution in [2.75, 3.05) is 5.73 Å². The summed E-state index contributed by atoms with van der Waals surface area (Å²) in [5, 5.41) is 0. The third kappa shape index (κ3) is 2.25. The fraction of sp³-hybridized carbons (Fsp3) is 0.400. The van der Waals surface area contributed by atoms with Crippen LogP contribution in [0.3, 0.4) is 0 Å². The number of hydrogen-bond donors (Lipinski definition) is 2. The van der Waals surface area contributed by atoms with E-state index < -0.39 is 32.2 Å². The Morgan fingerprint density at radius 2 is 2.00 bits per heavy atom. The first-order chi connectivity index (χ1) is 7.83. The Balaban J connectivity index is 2.36. The molecule has 0 spiro atoms. The van der Waals surface area contributed by atoms with Gasteiger partial charge in [0.2, 0.25) is 10.0 Å². The van der Waals surface area contributed by atoms with Gasteiger partial charge in [0.05, 0.1) is 0 Å². The van der Waals surface area contributed by atoms with Crippen LogP contribution in [0.4, 0.5) is 14.5 Å². The van der Waals surface area contributed by atoms with Gasteiger partial charge in [0, 0.05) is 6.04 Å². The maximum atomic E-state index is 13.5. The molecule has 94 valence electrons. The molecule has 7 heteroatoms. The Hall–Kier alpha value is -1.21. The third-order valence-corrected chi connectivity index (χ3v) is 4.30. The van der Waals surface area contributed by atoms with E-state index in [9.17, 15) is 17.2 Å². The average molecular weight is 262 g/mol. The van der Waals surface area contributed by atoms with E-state index in [-0.39, 0.29) is 12.0 Å². The van der Waals surface area contributed by atoms with Gasteiger partial charge < -0.3 is 5.73 Å². The van der Waals surface area contributed by atoms with E-state index in [4.69, 9.17) is 5.73 Å². The van der Waals surface area contributed by atoms with E-state index >= 15 is 0 Å². The number of rotatable bonds is 3. The monoisotopic (exact) mass is 262 g/mol. The molecule has 0 bridgehead atoms. The van der Waals surface area contributed by atoms with Crippen LogP contribution >= 0.6 is 0 Å². The number of sulfonamides is 1.